The number of benzene rings is 2. The predicted molar refractivity (Wildman–Crippen MR) is 105 cm³/mol. The Hall–Kier alpha value is -3.36. The highest BCUT2D eigenvalue weighted by atomic mass is 35.5. The number of carbonyl (C=O) groups is 1. The average molecular weight is 419 g/mol. The zero-order valence-corrected chi connectivity index (χ0v) is 15.5. The molecule has 142 valence electrons. The molecule has 3 aromatic rings. The molecule has 0 fully saturated rings. The van der Waals surface area contributed by atoms with Gasteiger partial charge in [0.05, 0.1) is 16.9 Å². The van der Waals surface area contributed by atoms with E-state index < -0.39 is 23.1 Å². The van der Waals surface area contributed by atoms with Crippen molar-refractivity contribution >= 4 is 35.3 Å². The van der Waals surface area contributed by atoms with Gasteiger partial charge in [0.2, 0.25) is 0 Å². The molecule has 1 aromatic heterocycles. The Morgan fingerprint density at radius 3 is 2.57 bits per heavy atom. The number of nitrogens with one attached hydrogen (secondary N) is 2. The van der Waals surface area contributed by atoms with Gasteiger partial charge in [-0.15, -0.1) is 0 Å². The number of nitrogens with zero attached hydrogens (tertiary/aromatic N) is 2. The Bertz CT molecular complexity index is 1130. The molecule has 3 rings (SSSR count). The maximum absolute atomic E-state index is 12.3. The van der Waals surface area contributed by atoms with Crippen molar-refractivity contribution in [2.24, 2.45) is 5.10 Å². The van der Waals surface area contributed by atoms with Gasteiger partial charge in [-0.1, -0.05) is 53.5 Å². The van der Waals surface area contributed by atoms with Gasteiger partial charge in [0.25, 0.3) is 5.91 Å². The first-order valence-electron chi connectivity index (χ1n) is 7.77. The number of hydrazone groups is 1. The molecule has 28 heavy (non-hydrogen) atoms. The van der Waals surface area contributed by atoms with E-state index in [0.717, 1.165) is 6.21 Å². The number of hydrogen-bond acceptors (Lipinski definition) is 6. The van der Waals surface area contributed by atoms with E-state index in [-0.39, 0.29) is 21.3 Å². The Labute approximate surface area is 168 Å². The summed E-state index contributed by atoms with van der Waals surface area (Å²) < 4.78 is 0. The molecular formula is C18H12Cl2N4O4. The molecule has 1 amide bonds. The van der Waals surface area contributed by atoms with Crippen molar-refractivity contribution in [3.63, 3.8) is 0 Å². The third-order valence-electron chi connectivity index (χ3n) is 3.63. The lowest BCUT2D eigenvalue weighted by Gasteiger charge is -2.06. The molecule has 2 aromatic carbocycles. The van der Waals surface area contributed by atoms with Crippen LogP contribution in [0.4, 0.5) is 0 Å². The summed E-state index contributed by atoms with van der Waals surface area (Å²) in [5.41, 5.74) is 2.53. The molecule has 0 aliphatic carbocycles. The van der Waals surface area contributed by atoms with Crippen molar-refractivity contribution in [2.75, 3.05) is 0 Å². The quantitative estimate of drug-likeness (QED) is 0.382. The van der Waals surface area contributed by atoms with E-state index in [4.69, 9.17) is 23.2 Å². The van der Waals surface area contributed by atoms with Gasteiger partial charge >= 0.3 is 5.69 Å². The monoisotopic (exact) mass is 418 g/mol. The normalized spacial score (nSPS) is 10.9. The minimum atomic E-state index is -0.705. The van der Waals surface area contributed by atoms with Crippen LogP contribution in [0.3, 0.4) is 0 Å². The topological polar surface area (TPSA) is 128 Å². The number of H-pyrrole nitrogens is 1. The zero-order valence-electron chi connectivity index (χ0n) is 14.0. The molecular weight excluding hydrogens is 407 g/mol. The first-order chi connectivity index (χ1) is 13.4. The molecule has 0 atom stereocenters. The number of amides is 1. The van der Waals surface area contributed by atoms with E-state index in [1.165, 1.54) is 12.1 Å². The number of aromatic amines is 1. The van der Waals surface area contributed by atoms with E-state index in [0.29, 0.717) is 11.3 Å². The van der Waals surface area contributed by atoms with E-state index in [1.54, 1.807) is 24.3 Å². The van der Waals surface area contributed by atoms with Crippen LogP contribution in [0.1, 0.15) is 16.1 Å². The van der Waals surface area contributed by atoms with Crippen LogP contribution in [0, 0.1) is 0 Å². The van der Waals surface area contributed by atoms with Crippen LogP contribution in [0.15, 0.2) is 52.4 Å². The first kappa shape index (κ1) is 19.4. The van der Waals surface area contributed by atoms with Gasteiger partial charge < -0.3 is 15.2 Å². The van der Waals surface area contributed by atoms with Crippen molar-refractivity contribution in [3.8, 4) is 22.8 Å². The molecule has 10 heteroatoms. The van der Waals surface area contributed by atoms with E-state index in [2.05, 4.69) is 20.5 Å². The lowest BCUT2D eigenvalue weighted by molar-refractivity contribution is 0.0949. The third-order valence-corrected chi connectivity index (χ3v) is 4.27. The number of rotatable bonds is 4. The summed E-state index contributed by atoms with van der Waals surface area (Å²) in [7, 11) is 0. The molecule has 0 saturated heterocycles. The summed E-state index contributed by atoms with van der Waals surface area (Å²) in [6.45, 7) is 0. The van der Waals surface area contributed by atoms with E-state index >= 15 is 0 Å². The molecule has 0 radical (unpaired) electrons. The van der Waals surface area contributed by atoms with Crippen molar-refractivity contribution in [1.29, 1.82) is 0 Å². The lowest BCUT2D eigenvalue weighted by Crippen LogP contribution is -2.24. The second-order valence-electron chi connectivity index (χ2n) is 5.51. The van der Waals surface area contributed by atoms with Gasteiger partial charge in [0.1, 0.15) is 16.5 Å². The van der Waals surface area contributed by atoms with Gasteiger partial charge in [-0.2, -0.15) is 10.1 Å². The highest BCUT2D eigenvalue weighted by molar-refractivity contribution is 6.38. The largest absolute Gasteiger partial charge is 0.506 e. The van der Waals surface area contributed by atoms with Crippen molar-refractivity contribution in [3.05, 3.63) is 74.3 Å². The molecule has 8 nitrogen and oxygen atoms in total. The fourth-order valence-electron chi connectivity index (χ4n) is 2.27. The summed E-state index contributed by atoms with van der Waals surface area (Å²) in [6.07, 6.45) is 1.09. The van der Waals surface area contributed by atoms with Crippen LogP contribution >= 0.6 is 23.2 Å². The first-order valence-corrected chi connectivity index (χ1v) is 8.52. The number of hydrogen-bond donors (Lipinski definition) is 4. The van der Waals surface area contributed by atoms with Crippen molar-refractivity contribution in [2.45, 2.75) is 0 Å². The minimum Gasteiger partial charge on any atom is -0.506 e. The molecule has 0 spiro atoms. The zero-order chi connectivity index (χ0) is 20.3. The lowest BCUT2D eigenvalue weighted by atomic mass is 10.1. The fraction of sp³-hybridized carbons (Fsp3) is 0. The Morgan fingerprint density at radius 1 is 1.14 bits per heavy atom. The number of aromatic hydroxyl groups is 2. The van der Waals surface area contributed by atoms with Gasteiger partial charge in [-0.05, 0) is 12.1 Å². The smallest absolute Gasteiger partial charge is 0.346 e. The predicted octanol–water partition coefficient (Wildman–Crippen LogP) is 2.92. The van der Waals surface area contributed by atoms with Crippen molar-refractivity contribution < 1.29 is 15.0 Å². The van der Waals surface area contributed by atoms with Gasteiger partial charge in [-0.3, -0.25) is 4.79 Å². The molecule has 0 aliphatic rings. The Balaban J connectivity index is 1.82. The maximum atomic E-state index is 12.3. The number of carbonyl (C=O) groups excluding carboxylic acids is 1. The summed E-state index contributed by atoms with van der Waals surface area (Å²) in [6, 6.07) is 11.5. The molecule has 4 N–H and O–H groups in total. The van der Waals surface area contributed by atoms with Gasteiger partial charge in [0, 0.05) is 11.1 Å². The van der Waals surface area contributed by atoms with Gasteiger partial charge in [0.15, 0.2) is 5.75 Å². The maximum Gasteiger partial charge on any atom is 0.346 e. The molecule has 0 aliphatic heterocycles. The molecule has 0 saturated carbocycles. The summed E-state index contributed by atoms with van der Waals surface area (Å²) in [5.74, 6) is -1.63. The van der Waals surface area contributed by atoms with Crippen molar-refractivity contribution in [1.82, 2.24) is 15.4 Å². The van der Waals surface area contributed by atoms with E-state index in [1.807, 2.05) is 6.07 Å². The minimum absolute atomic E-state index is 0.0537. The van der Waals surface area contributed by atoms with Crippen LogP contribution < -0.4 is 11.1 Å². The summed E-state index contributed by atoms with van der Waals surface area (Å²) >= 11 is 11.5. The molecule has 1 heterocycles. The standard InChI is InChI=1S/C18H12Cl2N4O4/c19-11-6-10(15(25)14(20)16(11)26)8-21-24-17(27)13-7-12(22-18(28)23-13)9-4-2-1-3-5-9/h1-8,25-26H,(H,24,27)(H,22,23,28)/b21-8+. The van der Waals surface area contributed by atoms with Crippen LogP contribution in [0.2, 0.25) is 10.0 Å². The number of halogens is 2. The average Bonchev–Trinajstić information content (AvgIpc) is 2.70. The number of phenolic OH excluding ortho intramolecular Hbond substituents is 2. The van der Waals surface area contributed by atoms with Gasteiger partial charge in [-0.25, -0.2) is 10.2 Å². The molecule has 0 bridgehead atoms. The Kier molecular flexibility index (Phi) is 5.62. The second-order valence-corrected chi connectivity index (χ2v) is 6.29. The number of phenols is 2. The SMILES string of the molecule is O=C(N/N=C/c1cc(Cl)c(O)c(Cl)c1O)c1cc(-c2ccccc2)nc(=O)[nH]1. The van der Waals surface area contributed by atoms with Crippen LogP contribution in [-0.4, -0.2) is 32.3 Å². The summed E-state index contributed by atoms with van der Waals surface area (Å²) in [4.78, 5) is 30.2. The van der Waals surface area contributed by atoms with E-state index in [9.17, 15) is 19.8 Å². The second kappa shape index (κ2) is 8.12. The Morgan fingerprint density at radius 2 is 1.86 bits per heavy atom. The molecule has 0 unspecified atom stereocenters. The van der Waals surface area contributed by atoms with Crippen LogP contribution in [-0.2, 0) is 0 Å². The van der Waals surface area contributed by atoms with Crippen LogP contribution in [0.25, 0.3) is 11.3 Å². The fourth-order valence-corrected chi connectivity index (χ4v) is 2.74. The summed E-state index contributed by atoms with van der Waals surface area (Å²) in [5, 5.41) is 22.7. The highest BCUT2D eigenvalue weighted by Crippen LogP contribution is 2.40. The van der Waals surface area contributed by atoms with Crippen LogP contribution in [0.5, 0.6) is 11.5 Å². The number of aromatic nitrogens is 2. The highest BCUT2D eigenvalue weighted by Gasteiger charge is 2.14. The third kappa shape index (κ3) is 4.13.